The molecule has 8 nitrogen and oxygen atoms in total. The van der Waals surface area contributed by atoms with Crippen molar-refractivity contribution in [2.24, 2.45) is 0 Å². The summed E-state index contributed by atoms with van der Waals surface area (Å²) >= 11 is 0. The van der Waals surface area contributed by atoms with Gasteiger partial charge in [-0.05, 0) is 39.0 Å². The first kappa shape index (κ1) is 22.6. The number of sulfonamides is 1. The van der Waals surface area contributed by atoms with Crippen molar-refractivity contribution in [1.29, 1.82) is 0 Å². The van der Waals surface area contributed by atoms with Crippen LogP contribution >= 0.6 is 0 Å². The number of hydrogen-bond donors (Lipinski definition) is 3. The van der Waals surface area contributed by atoms with Gasteiger partial charge in [0, 0.05) is 18.6 Å². The number of nitrogens with one attached hydrogen (secondary N) is 2. The van der Waals surface area contributed by atoms with Gasteiger partial charge >= 0.3 is 5.97 Å². The summed E-state index contributed by atoms with van der Waals surface area (Å²) in [4.78, 5) is 23.6. The van der Waals surface area contributed by atoms with E-state index in [9.17, 15) is 23.1 Å². The van der Waals surface area contributed by atoms with Crippen molar-refractivity contribution in [3.05, 3.63) is 29.8 Å². The normalized spacial score (nSPS) is 12.8. The highest BCUT2D eigenvalue weighted by Gasteiger charge is 2.23. The molecule has 0 saturated carbocycles. The molecule has 148 valence electrons. The fourth-order valence-corrected chi connectivity index (χ4v) is 2.99. The molecule has 0 heterocycles. The first-order valence-corrected chi connectivity index (χ1v) is 9.65. The number of rotatable bonds is 9. The van der Waals surface area contributed by atoms with Crippen molar-refractivity contribution < 1.29 is 27.9 Å². The molecular formula is C18H24N2O6S. The van der Waals surface area contributed by atoms with Crippen molar-refractivity contribution in [3.8, 4) is 12.3 Å². The molecule has 0 saturated heterocycles. The SMILES string of the molecule is C#CCNS(=O)(=O)c1cccc(C(=O)NC(CCOC(C)(C)C)C(=O)O)c1. The van der Waals surface area contributed by atoms with Crippen LogP contribution in [0.2, 0.25) is 0 Å². The van der Waals surface area contributed by atoms with Crippen LogP contribution in [0, 0.1) is 12.3 Å². The predicted molar refractivity (Wildman–Crippen MR) is 99.7 cm³/mol. The lowest BCUT2D eigenvalue weighted by Crippen LogP contribution is -2.42. The second kappa shape index (κ2) is 9.50. The van der Waals surface area contributed by atoms with E-state index in [1.807, 2.05) is 20.8 Å². The molecule has 0 aliphatic carbocycles. The van der Waals surface area contributed by atoms with Gasteiger partial charge in [0.2, 0.25) is 10.0 Å². The summed E-state index contributed by atoms with van der Waals surface area (Å²) in [5.41, 5.74) is -0.414. The van der Waals surface area contributed by atoms with E-state index >= 15 is 0 Å². The molecule has 1 amide bonds. The van der Waals surface area contributed by atoms with E-state index in [0.717, 1.165) is 6.07 Å². The minimum atomic E-state index is -3.86. The van der Waals surface area contributed by atoms with Crippen LogP contribution < -0.4 is 10.0 Å². The number of benzene rings is 1. The monoisotopic (exact) mass is 396 g/mol. The highest BCUT2D eigenvalue weighted by Crippen LogP contribution is 2.12. The zero-order valence-corrected chi connectivity index (χ0v) is 16.3. The molecule has 0 aliphatic rings. The van der Waals surface area contributed by atoms with Gasteiger partial charge in [-0.25, -0.2) is 13.2 Å². The Hall–Kier alpha value is -2.41. The quantitative estimate of drug-likeness (QED) is 0.535. The van der Waals surface area contributed by atoms with Gasteiger partial charge in [0.1, 0.15) is 6.04 Å². The Morgan fingerprint density at radius 3 is 2.56 bits per heavy atom. The zero-order chi connectivity index (χ0) is 20.7. The van der Waals surface area contributed by atoms with Gasteiger partial charge in [-0.1, -0.05) is 12.0 Å². The topological polar surface area (TPSA) is 122 Å². The number of carbonyl (C=O) groups is 2. The summed E-state index contributed by atoms with van der Waals surface area (Å²) in [7, 11) is -3.86. The number of carboxylic acid groups (broad SMARTS) is 1. The molecule has 0 bridgehead atoms. The first-order chi connectivity index (χ1) is 12.5. The summed E-state index contributed by atoms with van der Waals surface area (Å²) in [6.07, 6.45) is 5.10. The largest absolute Gasteiger partial charge is 0.480 e. The second-order valence-electron chi connectivity index (χ2n) is 6.67. The Morgan fingerprint density at radius 1 is 1.33 bits per heavy atom. The van der Waals surface area contributed by atoms with E-state index in [-0.39, 0.29) is 30.0 Å². The number of carboxylic acids is 1. The van der Waals surface area contributed by atoms with Gasteiger partial charge in [-0.3, -0.25) is 4.79 Å². The Morgan fingerprint density at radius 2 is 2.00 bits per heavy atom. The predicted octanol–water partition coefficient (Wildman–Crippen LogP) is 0.986. The molecule has 0 radical (unpaired) electrons. The maximum absolute atomic E-state index is 12.3. The van der Waals surface area contributed by atoms with Gasteiger partial charge in [0.25, 0.3) is 5.91 Å². The van der Waals surface area contributed by atoms with E-state index in [2.05, 4.69) is 16.0 Å². The molecule has 3 N–H and O–H groups in total. The fraction of sp³-hybridized carbons (Fsp3) is 0.444. The highest BCUT2D eigenvalue weighted by atomic mass is 32.2. The third kappa shape index (κ3) is 7.78. The maximum Gasteiger partial charge on any atom is 0.326 e. The molecule has 1 aromatic carbocycles. The third-order valence-electron chi connectivity index (χ3n) is 3.32. The molecule has 0 aromatic heterocycles. The molecule has 1 unspecified atom stereocenters. The summed E-state index contributed by atoms with van der Waals surface area (Å²) in [6.45, 7) is 5.46. The van der Waals surface area contributed by atoms with Crippen molar-refractivity contribution >= 4 is 21.9 Å². The molecule has 0 spiro atoms. The second-order valence-corrected chi connectivity index (χ2v) is 8.44. The smallest absolute Gasteiger partial charge is 0.326 e. The lowest BCUT2D eigenvalue weighted by Gasteiger charge is -2.21. The van der Waals surface area contributed by atoms with E-state index in [0.29, 0.717) is 0 Å². The van der Waals surface area contributed by atoms with Crippen LogP contribution in [0.5, 0.6) is 0 Å². The summed E-state index contributed by atoms with van der Waals surface area (Å²) in [5, 5.41) is 11.7. The first-order valence-electron chi connectivity index (χ1n) is 8.17. The van der Waals surface area contributed by atoms with Crippen LogP contribution in [0.15, 0.2) is 29.2 Å². The number of carbonyl (C=O) groups excluding carboxylic acids is 1. The molecule has 1 atom stereocenters. The summed E-state index contributed by atoms with van der Waals surface area (Å²) < 4.78 is 31.8. The van der Waals surface area contributed by atoms with Crippen LogP contribution in [0.3, 0.4) is 0 Å². The fourth-order valence-electron chi connectivity index (χ4n) is 2.01. The Kier molecular flexibility index (Phi) is 7.97. The van der Waals surface area contributed by atoms with Gasteiger partial charge < -0.3 is 15.2 Å². The van der Waals surface area contributed by atoms with Gasteiger partial charge in [-0.2, -0.15) is 4.72 Å². The van der Waals surface area contributed by atoms with Crippen molar-refractivity contribution in [2.75, 3.05) is 13.2 Å². The van der Waals surface area contributed by atoms with Crippen LogP contribution in [0.1, 0.15) is 37.6 Å². The highest BCUT2D eigenvalue weighted by molar-refractivity contribution is 7.89. The number of amides is 1. The van der Waals surface area contributed by atoms with Crippen molar-refractivity contribution in [2.45, 2.75) is 43.7 Å². The third-order valence-corrected chi connectivity index (χ3v) is 4.71. The van der Waals surface area contributed by atoms with E-state index in [1.54, 1.807) is 0 Å². The molecule has 27 heavy (non-hydrogen) atoms. The molecule has 1 rings (SSSR count). The van der Waals surface area contributed by atoms with E-state index in [1.165, 1.54) is 18.2 Å². The molecule has 0 fully saturated rings. The van der Waals surface area contributed by atoms with Crippen LogP contribution in [0.25, 0.3) is 0 Å². The average molecular weight is 396 g/mol. The van der Waals surface area contributed by atoms with Crippen molar-refractivity contribution in [3.63, 3.8) is 0 Å². The van der Waals surface area contributed by atoms with E-state index in [4.69, 9.17) is 11.2 Å². The van der Waals surface area contributed by atoms with E-state index < -0.39 is 33.5 Å². The Labute approximate surface area is 159 Å². The lowest BCUT2D eigenvalue weighted by atomic mass is 10.1. The number of ether oxygens (including phenoxy) is 1. The number of hydrogen-bond acceptors (Lipinski definition) is 5. The van der Waals surface area contributed by atoms with Gasteiger partial charge in [0.05, 0.1) is 17.0 Å². The minimum absolute atomic E-state index is 0.0153. The number of terminal acetylenes is 1. The zero-order valence-electron chi connectivity index (χ0n) is 15.5. The molecule has 1 aromatic rings. The Balaban J connectivity index is 2.87. The molecular weight excluding hydrogens is 372 g/mol. The summed E-state index contributed by atoms with van der Waals surface area (Å²) in [5.74, 6) is 0.243. The Bertz CT molecular complexity index is 821. The maximum atomic E-state index is 12.3. The van der Waals surface area contributed by atoms with Crippen LogP contribution in [-0.2, 0) is 19.6 Å². The number of aliphatic carboxylic acids is 1. The van der Waals surface area contributed by atoms with Crippen LogP contribution in [0.4, 0.5) is 0 Å². The molecule has 0 aliphatic heterocycles. The molecule has 9 heteroatoms. The van der Waals surface area contributed by atoms with Crippen molar-refractivity contribution in [1.82, 2.24) is 10.0 Å². The van der Waals surface area contributed by atoms with Gasteiger partial charge in [-0.15, -0.1) is 6.42 Å². The van der Waals surface area contributed by atoms with Gasteiger partial charge in [0.15, 0.2) is 0 Å². The summed E-state index contributed by atoms with van der Waals surface area (Å²) in [6, 6.07) is 4.07. The average Bonchev–Trinajstić information content (AvgIpc) is 2.58. The van der Waals surface area contributed by atoms with Crippen LogP contribution in [-0.4, -0.2) is 50.2 Å². The minimum Gasteiger partial charge on any atom is -0.480 e. The standard InChI is InChI=1S/C18H24N2O6S/c1-5-10-19-27(24,25)14-8-6-7-13(12-14)16(21)20-15(17(22)23)9-11-26-18(2,3)4/h1,6-8,12,15,19H,9-11H2,2-4H3,(H,20,21)(H,22,23). The lowest BCUT2D eigenvalue weighted by molar-refractivity contribution is -0.140.